The monoisotopic (exact) mass is 437 g/mol. The molecule has 0 saturated carbocycles. The van der Waals surface area contributed by atoms with Gasteiger partial charge in [-0.2, -0.15) is 5.10 Å². The van der Waals surface area contributed by atoms with Crippen molar-refractivity contribution in [2.45, 2.75) is 58.3 Å². The number of halogens is 3. The van der Waals surface area contributed by atoms with Crippen molar-refractivity contribution in [1.82, 2.24) is 19.7 Å². The van der Waals surface area contributed by atoms with Crippen LogP contribution in [0.1, 0.15) is 44.3 Å². The summed E-state index contributed by atoms with van der Waals surface area (Å²) in [5.74, 6) is -1.44. The van der Waals surface area contributed by atoms with Crippen molar-refractivity contribution >= 4 is 17.7 Å². The minimum atomic E-state index is -3.06. The molecule has 0 spiro atoms. The first-order valence-electron chi connectivity index (χ1n) is 9.84. The molecular formula is C20H22F3N5O3. The van der Waals surface area contributed by atoms with E-state index in [1.165, 1.54) is 11.0 Å². The van der Waals surface area contributed by atoms with Gasteiger partial charge in [-0.15, -0.1) is 0 Å². The molecule has 2 aromatic heterocycles. The molecular weight excluding hydrogens is 415 g/mol. The largest absolute Gasteiger partial charge is 0.441 e. The number of carbonyl (C=O) groups is 2. The zero-order valence-corrected chi connectivity index (χ0v) is 17.3. The van der Waals surface area contributed by atoms with Crippen molar-refractivity contribution in [1.29, 1.82) is 0 Å². The summed E-state index contributed by atoms with van der Waals surface area (Å²) in [6, 6.07) is 1.90. The van der Waals surface area contributed by atoms with Gasteiger partial charge in [-0.3, -0.25) is 14.4 Å². The van der Waals surface area contributed by atoms with Crippen LogP contribution in [0.4, 0.5) is 23.7 Å². The summed E-state index contributed by atoms with van der Waals surface area (Å²) >= 11 is 0. The van der Waals surface area contributed by atoms with Gasteiger partial charge in [0.25, 0.3) is 6.43 Å². The molecule has 4 rings (SSSR count). The van der Waals surface area contributed by atoms with E-state index in [9.17, 15) is 22.8 Å². The normalized spacial score (nSPS) is 20.2. The first-order valence-corrected chi connectivity index (χ1v) is 9.84. The van der Waals surface area contributed by atoms with Crippen LogP contribution in [0.3, 0.4) is 0 Å². The van der Waals surface area contributed by atoms with Gasteiger partial charge < -0.3 is 9.64 Å². The van der Waals surface area contributed by atoms with E-state index in [4.69, 9.17) is 4.74 Å². The van der Waals surface area contributed by atoms with E-state index >= 15 is 0 Å². The number of ether oxygens (including phenoxy) is 1. The molecule has 0 radical (unpaired) electrons. The Balaban J connectivity index is 1.55. The van der Waals surface area contributed by atoms with Crippen LogP contribution in [0.15, 0.2) is 18.3 Å². The van der Waals surface area contributed by atoms with E-state index in [0.29, 0.717) is 24.5 Å². The van der Waals surface area contributed by atoms with E-state index in [1.807, 2.05) is 20.8 Å². The summed E-state index contributed by atoms with van der Waals surface area (Å²) in [7, 11) is 0. The van der Waals surface area contributed by atoms with Crippen LogP contribution in [-0.2, 0) is 29.0 Å². The molecule has 2 amide bonds. The fourth-order valence-electron chi connectivity index (χ4n) is 3.91. The molecule has 0 aliphatic carbocycles. The van der Waals surface area contributed by atoms with Crippen molar-refractivity contribution in [3.05, 3.63) is 41.2 Å². The molecule has 2 aromatic rings. The van der Waals surface area contributed by atoms with Crippen LogP contribution in [0.5, 0.6) is 0 Å². The number of nitrogens with zero attached hydrogens (tertiary/aromatic N) is 5. The quantitative estimate of drug-likeness (QED) is 0.735. The molecule has 0 aromatic carbocycles. The second kappa shape index (κ2) is 7.54. The van der Waals surface area contributed by atoms with Crippen molar-refractivity contribution in [2.75, 3.05) is 11.4 Å². The molecule has 2 aliphatic heterocycles. The zero-order chi connectivity index (χ0) is 22.5. The zero-order valence-electron chi connectivity index (χ0n) is 17.3. The van der Waals surface area contributed by atoms with Gasteiger partial charge in [-0.1, -0.05) is 0 Å². The van der Waals surface area contributed by atoms with Gasteiger partial charge >= 0.3 is 6.09 Å². The van der Waals surface area contributed by atoms with E-state index < -0.39 is 29.6 Å². The highest BCUT2D eigenvalue weighted by molar-refractivity contribution is 5.91. The van der Waals surface area contributed by atoms with Crippen LogP contribution in [-0.4, -0.2) is 49.9 Å². The molecule has 1 saturated heterocycles. The first-order chi connectivity index (χ1) is 14.6. The molecule has 31 heavy (non-hydrogen) atoms. The van der Waals surface area contributed by atoms with Crippen molar-refractivity contribution in [2.24, 2.45) is 0 Å². The Morgan fingerprint density at radius 3 is 2.74 bits per heavy atom. The molecule has 166 valence electrons. The number of fused-ring (bicyclic) bond motifs is 1. The predicted molar refractivity (Wildman–Crippen MR) is 103 cm³/mol. The maximum atomic E-state index is 13.5. The topological polar surface area (TPSA) is 80.6 Å². The van der Waals surface area contributed by atoms with E-state index in [0.717, 1.165) is 6.07 Å². The lowest BCUT2D eigenvalue weighted by atomic mass is 10.1. The fraction of sp³-hybridized carbons (Fsp3) is 0.500. The lowest BCUT2D eigenvalue weighted by molar-refractivity contribution is -0.134. The van der Waals surface area contributed by atoms with Crippen molar-refractivity contribution in [3.8, 4) is 0 Å². The maximum absolute atomic E-state index is 13.5. The molecule has 4 heterocycles. The number of hydrogen-bond acceptors (Lipinski definition) is 5. The summed E-state index contributed by atoms with van der Waals surface area (Å²) in [6.07, 6.45) is -2.21. The van der Waals surface area contributed by atoms with Gasteiger partial charge in [0.2, 0.25) is 5.91 Å². The summed E-state index contributed by atoms with van der Waals surface area (Å²) in [5.41, 5.74) is -0.285. The van der Waals surface area contributed by atoms with Crippen LogP contribution in [0.2, 0.25) is 0 Å². The maximum Gasteiger partial charge on any atom is 0.415 e. The van der Waals surface area contributed by atoms with Crippen LogP contribution >= 0.6 is 0 Å². The van der Waals surface area contributed by atoms with Gasteiger partial charge in [0, 0.05) is 6.04 Å². The van der Waals surface area contributed by atoms with E-state index in [2.05, 4.69) is 10.1 Å². The second-order valence-electron chi connectivity index (χ2n) is 8.39. The Morgan fingerprint density at radius 1 is 1.35 bits per heavy atom. The molecule has 2 aliphatic rings. The molecule has 8 nitrogen and oxygen atoms in total. The van der Waals surface area contributed by atoms with Gasteiger partial charge in [0.05, 0.1) is 49.3 Å². The van der Waals surface area contributed by atoms with E-state index in [1.54, 1.807) is 15.8 Å². The van der Waals surface area contributed by atoms with Gasteiger partial charge in [0.1, 0.15) is 11.3 Å². The van der Waals surface area contributed by atoms with Crippen LogP contribution in [0.25, 0.3) is 0 Å². The third kappa shape index (κ3) is 3.96. The number of amides is 2. The highest BCUT2D eigenvalue weighted by Crippen LogP contribution is 2.33. The van der Waals surface area contributed by atoms with Crippen LogP contribution < -0.4 is 4.90 Å². The number of anilines is 1. The number of carbonyl (C=O) groups excluding carboxylic acids is 2. The second-order valence-corrected chi connectivity index (χ2v) is 8.39. The fourth-order valence-corrected chi connectivity index (χ4v) is 3.91. The lowest BCUT2D eigenvalue weighted by Gasteiger charge is -2.35. The molecule has 11 heteroatoms. The Labute approximate surface area is 176 Å². The summed E-state index contributed by atoms with van der Waals surface area (Å²) in [6.45, 7) is 6.40. The molecule has 0 bridgehead atoms. The average Bonchev–Trinajstić information content (AvgIpc) is 3.20. The number of hydrogen-bond donors (Lipinski definition) is 0. The van der Waals surface area contributed by atoms with Crippen molar-refractivity contribution in [3.63, 3.8) is 0 Å². The highest BCUT2D eigenvalue weighted by atomic mass is 19.3. The number of alkyl halides is 2. The number of rotatable bonds is 4. The lowest BCUT2D eigenvalue weighted by Crippen LogP contribution is -2.46. The summed E-state index contributed by atoms with van der Waals surface area (Å²) in [4.78, 5) is 31.9. The summed E-state index contributed by atoms with van der Waals surface area (Å²) in [5, 5.41) is 4.34. The van der Waals surface area contributed by atoms with Crippen molar-refractivity contribution < 1.29 is 27.5 Å². The first kappa shape index (κ1) is 21.1. The summed E-state index contributed by atoms with van der Waals surface area (Å²) < 4.78 is 46.4. The average molecular weight is 437 g/mol. The third-order valence-electron chi connectivity index (χ3n) is 5.42. The highest BCUT2D eigenvalue weighted by Gasteiger charge is 2.41. The Kier molecular flexibility index (Phi) is 5.14. The van der Waals surface area contributed by atoms with Gasteiger partial charge in [-0.05, 0) is 32.9 Å². The number of cyclic esters (lactones) is 1. The Morgan fingerprint density at radius 2 is 2.10 bits per heavy atom. The molecule has 1 atom stereocenters. The number of aromatic nitrogens is 3. The molecule has 0 N–H and O–H groups in total. The minimum Gasteiger partial charge on any atom is -0.441 e. The predicted octanol–water partition coefficient (Wildman–Crippen LogP) is 3.06. The van der Waals surface area contributed by atoms with Gasteiger partial charge in [-0.25, -0.2) is 22.9 Å². The smallest absolute Gasteiger partial charge is 0.415 e. The molecule has 0 unspecified atom stereocenters. The SMILES string of the molecule is C[C@H]1Cn2ncc(N3CC(C)(C)OC3=O)c2CN1C(=O)Cc1ccc(F)c(C(F)F)n1. The minimum absolute atomic E-state index is 0.0677. The van der Waals surface area contributed by atoms with E-state index in [-0.39, 0.29) is 30.6 Å². The standard InChI is InChI=1S/C20H22F3N5O3/c1-11-8-28-15(14(7-24-28)27-10-20(2,3)31-19(27)30)9-26(11)16(29)6-12-4-5-13(21)17(25-12)18(22)23/h4-5,7,11,18H,6,8-10H2,1-3H3/t11-/m0/s1. The number of pyridine rings is 1. The molecule has 1 fully saturated rings. The van der Waals surface area contributed by atoms with Gasteiger partial charge in [0.15, 0.2) is 5.82 Å². The Bertz CT molecular complexity index is 1040. The Hall–Kier alpha value is -3.11. The van der Waals surface area contributed by atoms with Crippen LogP contribution in [0, 0.1) is 5.82 Å². The third-order valence-corrected chi connectivity index (χ3v) is 5.42.